The number of aromatic nitrogens is 6. The molecule has 0 spiro atoms. The van der Waals surface area contributed by atoms with Gasteiger partial charge in [-0.1, -0.05) is 24.3 Å². The van der Waals surface area contributed by atoms with Crippen LogP contribution in [-0.2, 0) is 25.7 Å². The van der Waals surface area contributed by atoms with E-state index in [-0.39, 0.29) is 12.4 Å². The maximum atomic E-state index is 14.0. The van der Waals surface area contributed by atoms with Gasteiger partial charge in [-0.15, -0.1) is 12.4 Å². The van der Waals surface area contributed by atoms with Crippen molar-refractivity contribution in [2.75, 3.05) is 10.6 Å². The third kappa shape index (κ3) is 9.48. The van der Waals surface area contributed by atoms with E-state index < -0.39 is 46.2 Å². The lowest BCUT2D eigenvalue weighted by Crippen LogP contribution is -2.16. The van der Waals surface area contributed by atoms with E-state index in [1.54, 1.807) is 36.9 Å². The molecule has 0 radical (unpaired) electrons. The molecule has 2 aliphatic rings. The summed E-state index contributed by atoms with van der Waals surface area (Å²) in [6.45, 7) is 0. The summed E-state index contributed by atoms with van der Waals surface area (Å²) in [6.07, 6.45) is 15.6. The van der Waals surface area contributed by atoms with Crippen LogP contribution in [0.5, 0.6) is 0 Å². The van der Waals surface area contributed by atoms with Gasteiger partial charge in [-0.2, -0.15) is 0 Å². The fraction of sp³-hybridized carbons (Fsp3) is 0.120. The van der Waals surface area contributed by atoms with E-state index in [1.807, 2.05) is 60.9 Å². The summed E-state index contributed by atoms with van der Waals surface area (Å²) in [5, 5.41) is 5.22. The van der Waals surface area contributed by atoms with Gasteiger partial charge in [-0.3, -0.25) is 19.6 Å². The highest BCUT2D eigenvalue weighted by molar-refractivity contribution is 6.05. The Hall–Kier alpha value is -7.71. The molecule has 0 saturated carbocycles. The van der Waals surface area contributed by atoms with Gasteiger partial charge >= 0.3 is 0 Å². The van der Waals surface area contributed by atoms with Crippen LogP contribution < -0.4 is 10.6 Å². The molecular weight excluding hydrogens is 856 g/mol. The van der Waals surface area contributed by atoms with Gasteiger partial charge in [0.1, 0.15) is 34.4 Å². The number of amides is 2. The van der Waals surface area contributed by atoms with Crippen LogP contribution in [0.1, 0.15) is 55.8 Å². The summed E-state index contributed by atoms with van der Waals surface area (Å²) in [5.41, 5.74) is 9.16. The fourth-order valence-electron chi connectivity index (χ4n) is 7.89. The Balaban J connectivity index is 0.000000175. The Kier molecular flexibility index (Phi) is 13.1. The Morgan fingerprint density at radius 2 is 0.877 bits per heavy atom. The standard InChI is InChI=1S/2C25H18F2N4O.ClH/c2*26-20-7-2-8-21(27)22(20)25(32)30-18-9-10-19-15(12-18)4-1-5-16-14-29-24(31-23(16)19)17-6-3-11-28-13-17;/h2*2-3,6-14H,1,4-5H2,(H,30,32);1H. The van der Waals surface area contributed by atoms with Crippen molar-refractivity contribution < 1.29 is 27.2 Å². The lowest BCUT2D eigenvalue weighted by atomic mass is 10.0. The predicted molar refractivity (Wildman–Crippen MR) is 241 cm³/mol. The molecule has 0 atom stereocenters. The number of aryl methyl sites for hydroxylation is 4. The molecule has 15 heteroatoms. The molecule has 2 aliphatic carbocycles. The molecule has 0 bridgehead atoms. The summed E-state index contributed by atoms with van der Waals surface area (Å²) < 4.78 is 55.8. The summed E-state index contributed by atoms with van der Waals surface area (Å²) in [7, 11) is 0. The molecule has 0 aliphatic heterocycles. The number of halogens is 5. The van der Waals surface area contributed by atoms with Crippen molar-refractivity contribution in [1.29, 1.82) is 0 Å². The molecular formula is C50H37ClF4N8O2. The zero-order chi connectivity index (χ0) is 44.2. The molecule has 0 unspecified atom stereocenters. The zero-order valence-corrected chi connectivity index (χ0v) is 35.2. The molecule has 0 fully saturated rings. The molecule has 10 nitrogen and oxygen atoms in total. The highest BCUT2D eigenvalue weighted by Crippen LogP contribution is 2.36. The van der Waals surface area contributed by atoms with Gasteiger partial charge in [0.2, 0.25) is 0 Å². The van der Waals surface area contributed by atoms with Gasteiger partial charge in [0.25, 0.3) is 11.8 Å². The van der Waals surface area contributed by atoms with E-state index in [2.05, 4.69) is 30.6 Å². The molecule has 4 aromatic carbocycles. The van der Waals surface area contributed by atoms with Crippen molar-refractivity contribution >= 4 is 35.6 Å². The van der Waals surface area contributed by atoms with Crippen LogP contribution in [-0.4, -0.2) is 41.7 Å². The number of hydrogen-bond donors (Lipinski definition) is 2. The normalized spacial score (nSPS) is 12.2. The molecule has 2 amide bonds. The fourth-order valence-corrected chi connectivity index (χ4v) is 7.89. The number of anilines is 2. The Morgan fingerprint density at radius 1 is 0.477 bits per heavy atom. The van der Waals surface area contributed by atoms with E-state index in [0.717, 1.165) is 119 Å². The first-order chi connectivity index (χ1) is 31.2. The van der Waals surface area contributed by atoms with Gasteiger partial charge in [0, 0.05) is 70.8 Å². The van der Waals surface area contributed by atoms with Crippen LogP contribution in [0.15, 0.2) is 134 Å². The molecule has 10 rings (SSSR count). The monoisotopic (exact) mass is 892 g/mol. The van der Waals surface area contributed by atoms with E-state index >= 15 is 0 Å². The first-order valence-corrected chi connectivity index (χ1v) is 20.5. The van der Waals surface area contributed by atoms with Crippen molar-refractivity contribution in [3.05, 3.63) is 191 Å². The van der Waals surface area contributed by atoms with Crippen molar-refractivity contribution in [2.45, 2.75) is 38.5 Å². The van der Waals surface area contributed by atoms with Crippen LogP contribution >= 0.6 is 12.4 Å². The van der Waals surface area contributed by atoms with E-state index in [9.17, 15) is 27.2 Å². The second-order valence-electron chi connectivity index (χ2n) is 15.2. The highest BCUT2D eigenvalue weighted by atomic mass is 35.5. The summed E-state index contributed by atoms with van der Waals surface area (Å²) in [4.78, 5) is 51.9. The second-order valence-corrected chi connectivity index (χ2v) is 15.2. The smallest absolute Gasteiger partial charge is 0.261 e. The number of nitrogens with one attached hydrogen (secondary N) is 2. The maximum absolute atomic E-state index is 14.0. The number of pyridine rings is 2. The van der Waals surface area contributed by atoms with Gasteiger partial charge in [0.05, 0.1) is 11.4 Å². The third-order valence-electron chi connectivity index (χ3n) is 11.0. The average Bonchev–Trinajstić information content (AvgIpc) is 3.60. The van der Waals surface area contributed by atoms with Crippen molar-refractivity contribution in [1.82, 2.24) is 29.9 Å². The summed E-state index contributed by atoms with van der Waals surface area (Å²) >= 11 is 0. The first kappa shape index (κ1) is 43.9. The van der Waals surface area contributed by atoms with Gasteiger partial charge in [0.15, 0.2) is 11.6 Å². The highest BCUT2D eigenvalue weighted by Gasteiger charge is 2.23. The first-order valence-electron chi connectivity index (χ1n) is 20.5. The maximum Gasteiger partial charge on any atom is 0.261 e. The summed E-state index contributed by atoms with van der Waals surface area (Å²) in [6, 6.07) is 25.1. The number of hydrogen-bond acceptors (Lipinski definition) is 8. The molecule has 8 aromatic rings. The predicted octanol–water partition coefficient (Wildman–Crippen LogP) is 10.9. The van der Waals surface area contributed by atoms with Crippen LogP contribution in [0.3, 0.4) is 0 Å². The minimum Gasteiger partial charge on any atom is -0.322 e. The minimum atomic E-state index is -0.897. The van der Waals surface area contributed by atoms with E-state index in [0.29, 0.717) is 23.0 Å². The lowest BCUT2D eigenvalue weighted by Gasteiger charge is -2.13. The topological polar surface area (TPSA) is 136 Å². The van der Waals surface area contributed by atoms with Crippen molar-refractivity contribution in [2.24, 2.45) is 0 Å². The minimum absolute atomic E-state index is 0. The number of fused-ring (bicyclic) bond motifs is 6. The average molecular weight is 893 g/mol. The zero-order valence-electron chi connectivity index (χ0n) is 34.4. The molecule has 2 N–H and O–H groups in total. The van der Waals surface area contributed by atoms with Gasteiger partial charge in [-0.05, 0) is 134 Å². The lowest BCUT2D eigenvalue weighted by molar-refractivity contribution is 0.101. The molecule has 4 heterocycles. The molecule has 324 valence electrons. The number of carbonyl (C=O) groups excluding carboxylic acids is 2. The van der Waals surface area contributed by atoms with Crippen molar-refractivity contribution in [3.8, 4) is 45.3 Å². The molecule has 65 heavy (non-hydrogen) atoms. The number of rotatable bonds is 6. The number of carbonyl (C=O) groups is 2. The number of nitrogens with zero attached hydrogens (tertiary/aromatic N) is 6. The van der Waals surface area contributed by atoms with Crippen LogP contribution in [0, 0.1) is 23.3 Å². The van der Waals surface area contributed by atoms with Crippen LogP contribution in [0.2, 0.25) is 0 Å². The van der Waals surface area contributed by atoms with Gasteiger partial charge in [-0.25, -0.2) is 37.5 Å². The quantitative estimate of drug-likeness (QED) is 0.158. The largest absolute Gasteiger partial charge is 0.322 e. The second kappa shape index (κ2) is 19.4. The van der Waals surface area contributed by atoms with Crippen LogP contribution in [0.4, 0.5) is 28.9 Å². The van der Waals surface area contributed by atoms with E-state index in [4.69, 9.17) is 9.97 Å². The Morgan fingerprint density at radius 3 is 1.26 bits per heavy atom. The van der Waals surface area contributed by atoms with Crippen molar-refractivity contribution in [3.63, 3.8) is 0 Å². The van der Waals surface area contributed by atoms with Gasteiger partial charge < -0.3 is 10.6 Å². The SMILES string of the molecule is Cl.O=C(Nc1ccc2c(c1)CCCc1cnc(-c3cccnc3)nc1-2)c1c(F)cccc1F.O=C(Nc1ccc2c(c1)CCCc1cnc(-c3cccnc3)nc1-2)c1c(F)cccc1F. The molecule has 0 saturated heterocycles. The Labute approximate surface area is 376 Å². The number of benzene rings is 4. The van der Waals surface area contributed by atoms with Crippen LogP contribution in [0.25, 0.3) is 45.3 Å². The third-order valence-corrected chi connectivity index (χ3v) is 11.0. The Bertz CT molecular complexity index is 2820. The summed E-state index contributed by atoms with van der Waals surface area (Å²) in [5.74, 6) is -4.05. The van der Waals surface area contributed by atoms with E-state index in [1.165, 1.54) is 12.1 Å². The molecule has 4 aromatic heterocycles.